The van der Waals surface area contributed by atoms with Crippen LogP contribution >= 0.6 is 0 Å². The van der Waals surface area contributed by atoms with Gasteiger partial charge in [-0.3, -0.25) is 9.78 Å². The summed E-state index contributed by atoms with van der Waals surface area (Å²) < 4.78 is 1.69. The van der Waals surface area contributed by atoms with Gasteiger partial charge in [0.1, 0.15) is 5.69 Å². The van der Waals surface area contributed by atoms with Gasteiger partial charge in [0, 0.05) is 31.7 Å². The predicted octanol–water partition coefficient (Wildman–Crippen LogP) is 0.864. The second-order valence-corrected chi connectivity index (χ2v) is 4.87. The summed E-state index contributed by atoms with van der Waals surface area (Å²) in [6.07, 6.45) is 6.09. The Balaban J connectivity index is 1.80. The molecule has 0 aliphatic carbocycles. The van der Waals surface area contributed by atoms with Crippen molar-refractivity contribution in [1.29, 1.82) is 0 Å². The molecule has 2 aromatic heterocycles. The highest BCUT2D eigenvalue weighted by atomic mass is 16.3. The number of hydrogen-bond donors (Lipinski definition) is 1. The topological polar surface area (TPSA) is 71.2 Å². The third kappa shape index (κ3) is 2.55. The largest absolute Gasteiger partial charge is 0.393 e. The Labute approximate surface area is 116 Å². The van der Waals surface area contributed by atoms with E-state index in [9.17, 15) is 9.90 Å². The van der Waals surface area contributed by atoms with Crippen LogP contribution in [0.1, 0.15) is 23.3 Å². The van der Waals surface area contributed by atoms with Crippen molar-refractivity contribution in [3.8, 4) is 5.69 Å². The molecule has 0 spiro atoms. The molecule has 3 heterocycles. The summed E-state index contributed by atoms with van der Waals surface area (Å²) in [6.45, 7) is 1.15. The summed E-state index contributed by atoms with van der Waals surface area (Å²) in [5, 5.41) is 13.6. The number of rotatable bonds is 2. The average Bonchev–Trinajstić information content (AvgIpc) is 3.02. The summed E-state index contributed by atoms with van der Waals surface area (Å²) in [4.78, 5) is 18.3. The third-order valence-electron chi connectivity index (χ3n) is 3.48. The Bertz CT molecular complexity index is 589. The van der Waals surface area contributed by atoms with E-state index in [0.717, 1.165) is 5.69 Å². The quantitative estimate of drug-likeness (QED) is 0.880. The van der Waals surface area contributed by atoms with Crippen LogP contribution in [0.3, 0.4) is 0 Å². The number of carbonyl (C=O) groups is 1. The molecule has 20 heavy (non-hydrogen) atoms. The minimum Gasteiger partial charge on any atom is -0.393 e. The van der Waals surface area contributed by atoms with Crippen LogP contribution in [-0.2, 0) is 0 Å². The smallest absolute Gasteiger partial charge is 0.272 e. The van der Waals surface area contributed by atoms with E-state index in [4.69, 9.17) is 0 Å². The SMILES string of the molecule is O=C(c1cc(-n2cccn2)ccn1)N1CCC(O)CC1. The number of piperidine rings is 1. The van der Waals surface area contributed by atoms with Crippen LogP contribution in [0.2, 0.25) is 0 Å². The molecule has 0 bridgehead atoms. The second-order valence-electron chi connectivity index (χ2n) is 4.87. The first-order chi connectivity index (χ1) is 9.74. The van der Waals surface area contributed by atoms with Crippen molar-refractivity contribution in [2.24, 2.45) is 0 Å². The molecule has 0 saturated carbocycles. The number of aliphatic hydroxyl groups excluding tert-OH is 1. The third-order valence-corrected chi connectivity index (χ3v) is 3.48. The molecule has 0 atom stereocenters. The maximum atomic E-state index is 12.4. The predicted molar refractivity (Wildman–Crippen MR) is 72.5 cm³/mol. The molecule has 6 nitrogen and oxygen atoms in total. The Hall–Kier alpha value is -2.21. The maximum Gasteiger partial charge on any atom is 0.272 e. The Morgan fingerprint density at radius 2 is 2.10 bits per heavy atom. The number of hydrogen-bond acceptors (Lipinski definition) is 4. The van der Waals surface area contributed by atoms with Crippen molar-refractivity contribution in [1.82, 2.24) is 19.7 Å². The molecule has 1 N–H and O–H groups in total. The highest BCUT2D eigenvalue weighted by Crippen LogP contribution is 2.14. The van der Waals surface area contributed by atoms with Gasteiger partial charge in [-0.05, 0) is 31.0 Å². The van der Waals surface area contributed by atoms with Gasteiger partial charge >= 0.3 is 0 Å². The molecule has 0 unspecified atom stereocenters. The van der Waals surface area contributed by atoms with Gasteiger partial charge in [-0.1, -0.05) is 0 Å². The van der Waals surface area contributed by atoms with E-state index in [2.05, 4.69) is 10.1 Å². The fraction of sp³-hybridized carbons (Fsp3) is 0.357. The summed E-state index contributed by atoms with van der Waals surface area (Å²) in [7, 11) is 0. The number of nitrogens with zero attached hydrogens (tertiary/aromatic N) is 4. The van der Waals surface area contributed by atoms with Crippen LogP contribution in [0.4, 0.5) is 0 Å². The molecular formula is C14H16N4O2. The molecular weight excluding hydrogens is 256 g/mol. The normalized spacial score (nSPS) is 16.4. The summed E-state index contributed by atoms with van der Waals surface area (Å²) in [5.41, 5.74) is 1.22. The lowest BCUT2D eigenvalue weighted by Crippen LogP contribution is -2.40. The molecule has 0 radical (unpaired) electrons. The lowest BCUT2D eigenvalue weighted by atomic mass is 10.1. The van der Waals surface area contributed by atoms with E-state index in [-0.39, 0.29) is 12.0 Å². The number of aliphatic hydroxyl groups is 1. The Morgan fingerprint density at radius 3 is 2.80 bits per heavy atom. The van der Waals surface area contributed by atoms with Crippen LogP contribution in [0.5, 0.6) is 0 Å². The molecule has 0 aromatic carbocycles. The fourth-order valence-electron chi connectivity index (χ4n) is 2.33. The molecule has 3 rings (SSSR count). The summed E-state index contributed by atoms with van der Waals surface area (Å²) >= 11 is 0. The number of carbonyl (C=O) groups excluding carboxylic acids is 1. The van der Waals surface area contributed by atoms with Crippen LogP contribution < -0.4 is 0 Å². The van der Waals surface area contributed by atoms with E-state index in [1.165, 1.54) is 0 Å². The molecule has 1 amide bonds. The molecule has 1 aliphatic heterocycles. The van der Waals surface area contributed by atoms with Gasteiger partial charge in [0.05, 0.1) is 11.8 Å². The van der Waals surface area contributed by atoms with E-state index in [0.29, 0.717) is 31.6 Å². The van der Waals surface area contributed by atoms with Crippen LogP contribution in [-0.4, -0.2) is 49.9 Å². The van der Waals surface area contributed by atoms with Crippen LogP contribution in [0.25, 0.3) is 5.69 Å². The Morgan fingerprint density at radius 1 is 1.30 bits per heavy atom. The van der Waals surface area contributed by atoms with E-state index in [1.807, 2.05) is 18.3 Å². The van der Waals surface area contributed by atoms with Gasteiger partial charge < -0.3 is 10.0 Å². The lowest BCUT2D eigenvalue weighted by molar-refractivity contribution is 0.0541. The van der Waals surface area contributed by atoms with Crippen molar-refractivity contribution in [3.05, 3.63) is 42.5 Å². The van der Waals surface area contributed by atoms with Crippen molar-refractivity contribution in [3.63, 3.8) is 0 Å². The zero-order chi connectivity index (χ0) is 13.9. The van der Waals surface area contributed by atoms with Gasteiger partial charge in [-0.15, -0.1) is 0 Å². The molecule has 1 fully saturated rings. The Kier molecular flexibility index (Phi) is 3.47. The molecule has 6 heteroatoms. The van der Waals surface area contributed by atoms with Gasteiger partial charge in [0.2, 0.25) is 0 Å². The van der Waals surface area contributed by atoms with Gasteiger partial charge in [-0.2, -0.15) is 5.10 Å². The highest BCUT2D eigenvalue weighted by molar-refractivity contribution is 5.92. The zero-order valence-corrected chi connectivity index (χ0v) is 11.0. The first-order valence-corrected chi connectivity index (χ1v) is 6.67. The number of pyridine rings is 1. The first-order valence-electron chi connectivity index (χ1n) is 6.67. The molecule has 104 valence electrons. The first kappa shape index (κ1) is 12.8. The molecule has 2 aromatic rings. The monoisotopic (exact) mass is 272 g/mol. The van der Waals surface area contributed by atoms with E-state index in [1.54, 1.807) is 28.0 Å². The van der Waals surface area contributed by atoms with Gasteiger partial charge in [-0.25, -0.2) is 4.68 Å². The highest BCUT2D eigenvalue weighted by Gasteiger charge is 2.23. The fourth-order valence-corrected chi connectivity index (χ4v) is 2.33. The second kappa shape index (κ2) is 5.42. The van der Waals surface area contributed by atoms with Crippen LogP contribution in [0.15, 0.2) is 36.8 Å². The van der Waals surface area contributed by atoms with E-state index < -0.39 is 0 Å². The number of likely N-dealkylation sites (tertiary alicyclic amines) is 1. The zero-order valence-electron chi connectivity index (χ0n) is 11.0. The standard InChI is InChI=1S/C14H16N4O2/c19-12-3-8-17(9-4-12)14(20)13-10-11(2-6-15-13)18-7-1-5-16-18/h1-2,5-7,10,12,19H,3-4,8-9H2. The maximum absolute atomic E-state index is 12.4. The van der Waals surface area contributed by atoms with Gasteiger partial charge in [0.25, 0.3) is 5.91 Å². The summed E-state index contributed by atoms with van der Waals surface area (Å²) in [5.74, 6) is -0.0918. The van der Waals surface area contributed by atoms with Gasteiger partial charge in [0.15, 0.2) is 0 Å². The number of amides is 1. The summed E-state index contributed by atoms with van der Waals surface area (Å²) in [6, 6.07) is 5.37. The molecule has 1 saturated heterocycles. The van der Waals surface area contributed by atoms with Crippen molar-refractivity contribution in [2.75, 3.05) is 13.1 Å². The minimum atomic E-state index is -0.289. The molecule has 1 aliphatic rings. The van der Waals surface area contributed by atoms with Crippen LogP contribution in [0, 0.1) is 0 Å². The number of aromatic nitrogens is 3. The van der Waals surface area contributed by atoms with E-state index >= 15 is 0 Å². The van der Waals surface area contributed by atoms with Crippen molar-refractivity contribution < 1.29 is 9.90 Å². The van der Waals surface area contributed by atoms with Crippen molar-refractivity contribution >= 4 is 5.91 Å². The minimum absolute atomic E-state index is 0.0918. The average molecular weight is 272 g/mol. The van der Waals surface area contributed by atoms with Crippen molar-refractivity contribution in [2.45, 2.75) is 18.9 Å². The lowest BCUT2D eigenvalue weighted by Gasteiger charge is -2.29.